The number of pyridine rings is 1. The number of carbonyl (C=O) groups is 2. The second-order valence-corrected chi connectivity index (χ2v) is 5.77. The number of hydrogen-bond acceptors (Lipinski definition) is 4. The van der Waals surface area contributed by atoms with Crippen LogP contribution >= 0.6 is 0 Å². The Labute approximate surface area is 140 Å². The Morgan fingerprint density at radius 3 is 2.62 bits per heavy atom. The van der Waals surface area contributed by atoms with E-state index in [1.54, 1.807) is 18.2 Å². The van der Waals surface area contributed by atoms with E-state index in [9.17, 15) is 9.59 Å². The minimum absolute atomic E-state index is 0.259. The van der Waals surface area contributed by atoms with Crippen LogP contribution in [0.5, 0.6) is 11.6 Å². The number of aromatic nitrogens is 1. The van der Waals surface area contributed by atoms with Crippen LogP contribution in [0, 0.1) is 13.8 Å². The molecule has 1 saturated heterocycles. The molecular formula is C18H19N3O3. The van der Waals surface area contributed by atoms with Gasteiger partial charge in [0.1, 0.15) is 17.6 Å². The zero-order chi connectivity index (χ0) is 17.3. The van der Waals surface area contributed by atoms with E-state index in [-0.39, 0.29) is 11.7 Å². The molecule has 1 N–H and O–H groups in total. The van der Waals surface area contributed by atoms with Gasteiger partial charge in [-0.15, -0.1) is 0 Å². The Kier molecular flexibility index (Phi) is 4.20. The number of hydrogen-bond donors (Lipinski definition) is 1. The molecule has 0 saturated carbocycles. The highest BCUT2D eigenvalue weighted by Gasteiger charge is 2.38. The van der Waals surface area contributed by atoms with E-state index in [2.05, 4.69) is 10.3 Å². The molecule has 124 valence electrons. The molecule has 1 aromatic heterocycles. The minimum Gasteiger partial charge on any atom is -0.439 e. The van der Waals surface area contributed by atoms with E-state index in [0.29, 0.717) is 18.1 Å². The Morgan fingerprint density at radius 1 is 1.17 bits per heavy atom. The summed E-state index contributed by atoms with van der Waals surface area (Å²) in [4.78, 5) is 29.6. The Bertz CT molecular complexity index is 804. The molecule has 6 heteroatoms. The molecule has 0 spiro atoms. The molecule has 1 atom stereocenters. The van der Waals surface area contributed by atoms with Crippen LogP contribution in [0.4, 0.5) is 10.6 Å². The number of anilines is 1. The maximum absolute atomic E-state index is 12.3. The first kappa shape index (κ1) is 16.0. The standard InChI is InChI=1S/C18H19N3O3/c1-4-14-17(22)21(18(23)19-14)15-6-5-7-16(20-15)24-13-9-8-11(2)12(3)10-13/h5-10,14H,4H2,1-3H3,(H,19,23)/t14-/m1/s1. The average Bonchev–Trinajstić information content (AvgIpc) is 2.85. The summed E-state index contributed by atoms with van der Waals surface area (Å²) in [5, 5.41) is 2.64. The molecule has 0 radical (unpaired) electrons. The Balaban J connectivity index is 1.85. The van der Waals surface area contributed by atoms with Crippen LogP contribution in [0.2, 0.25) is 0 Å². The highest BCUT2D eigenvalue weighted by Crippen LogP contribution is 2.25. The molecule has 0 aliphatic carbocycles. The van der Waals surface area contributed by atoms with Gasteiger partial charge in [0, 0.05) is 6.07 Å². The van der Waals surface area contributed by atoms with Crippen LogP contribution in [0.25, 0.3) is 0 Å². The molecule has 0 bridgehead atoms. The third kappa shape index (κ3) is 2.95. The molecule has 6 nitrogen and oxygen atoms in total. The fourth-order valence-corrected chi connectivity index (χ4v) is 2.51. The number of urea groups is 1. The molecule has 2 aromatic rings. The van der Waals surface area contributed by atoms with E-state index in [1.165, 1.54) is 5.56 Å². The summed E-state index contributed by atoms with van der Waals surface area (Å²) in [5.41, 5.74) is 2.29. The van der Waals surface area contributed by atoms with Crippen molar-refractivity contribution in [2.24, 2.45) is 0 Å². The van der Waals surface area contributed by atoms with Gasteiger partial charge >= 0.3 is 6.03 Å². The number of ether oxygens (including phenoxy) is 1. The zero-order valence-corrected chi connectivity index (χ0v) is 13.9. The summed E-state index contributed by atoms with van der Waals surface area (Å²) in [6.07, 6.45) is 0.542. The number of benzene rings is 1. The monoisotopic (exact) mass is 325 g/mol. The van der Waals surface area contributed by atoms with Gasteiger partial charge in [-0.25, -0.2) is 9.69 Å². The third-order valence-corrected chi connectivity index (χ3v) is 4.07. The van der Waals surface area contributed by atoms with E-state index in [4.69, 9.17) is 4.74 Å². The number of nitrogens with zero attached hydrogens (tertiary/aromatic N) is 2. The topological polar surface area (TPSA) is 71.5 Å². The van der Waals surface area contributed by atoms with Crippen LogP contribution in [0.1, 0.15) is 24.5 Å². The number of amides is 3. The summed E-state index contributed by atoms with van der Waals surface area (Å²) in [5.74, 6) is 0.954. The van der Waals surface area contributed by atoms with Crippen molar-refractivity contribution < 1.29 is 14.3 Å². The number of nitrogens with one attached hydrogen (secondary N) is 1. The number of aryl methyl sites for hydroxylation is 2. The maximum Gasteiger partial charge on any atom is 0.330 e. The first-order valence-corrected chi connectivity index (χ1v) is 7.86. The SMILES string of the molecule is CC[C@H]1NC(=O)N(c2cccc(Oc3ccc(C)c(C)c3)n2)C1=O. The molecule has 0 unspecified atom stereocenters. The van der Waals surface area contributed by atoms with Crippen molar-refractivity contribution in [2.45, 2.75) is 33.2 Å². The van der Waals surface area contributed by atoms with Gasteiger partial charge in [-0.1, -0.05) is 19.1 Å². The summed E-state index contributed by atoms with van der Waals surface area (Å²) in [7, 11) is 0. The minimum atomic E-state index is -0.497. The van der Waals surface area contributed by atoms with E-state index in [1.807, 2.05) is 39.0 Å². The van der Waals surface area contributed by atoms with E-state index < -0.39 is 12.1 Å². The lowest BCUT2D eigenvalue weighted by Gasteiger charge is -2.13. The van der Waals surface area contributed by atoms with Gasteiger partial charge in [-0.3, -0.25) is 4.79 Å². The van der Waals surface area contributed by atoms with Crippen LogP contribution in [0.15, 0.2) is 36.4 Å². The molecular weight excluding hydrogens is 306 g/mol. The van der Waals surface area contributed by atoms with Crippen molar-refractivity contribution in [2.75, 3.05) is 4.90 Å². The predicted octanol–water partition coefficient (Wildman–Crippen LogP) is 3.33. The second-order valence-electron chi connectivity index (χ2n) is 5.77. The summed E-state index contributed by atoms with van der Waals surface area (Å²) in [6, 6.07) is 9.81. The van der Waals surface area contributed by atoms with Crippen molar-refractivity contribution in [3.05, 3.63) is 47.5 Å². The highest BCUT2D eigenvalue weighted by molar-refractivity contribution is 6.20. The van der Waals surface area contributed by atoms with Crippen LogP contribution in [0.3, 0.4) is 0 Å². The second kappa shape index (κ2) is 6.31. The van der Waals surface area contributed by atoms with E-state index in [0.717, 1.165) is 10.5 Å². The molecule has 24 heavy (non-hydrogen) atoms. The fourth-order valence-electron chi connectivity index (χ4n) is 2.51. The van der Waals surface area contributed by atoms with Gasteiger partial charge in [0.05, 0.1) is 0 Å². The Hall–Kier alpha value is -2.89. The molecule has 1 aliphatic rings. The summed E-state index contributed by atoms with van der Waals surface area (Å²) < 4.78 is 5.76. The predicted molar refractivity (Wildman–Crippen MR) is 90.3 cm³/mol. The van der Waals surface area contributed by atoms with Crippen LogP contribution in [-0.2, 0) is 4.79 Å². The van der Waals surface area contributed by atoms with Crippen molar-refractivity contribution in [3.8, 4) is 11.6 Å². The van der Waals surface area contributed by atoms with Crippen molar-refractivity contribution in [1.29, 1.82) is 0 Å². The normalized spacial score (nSPS) is 17.1. The van der Waals surface area contributed by atoms with Crippen LogP contribution in [-0.4, -0.2) is 23.0 Å². The number of imide groups is 1. The average molecular weight is 325 g/mol. The van der Waals surface area contributed by atoms with Gasteiger partial charge in [-0.2, -0.15) is 4.98 Å². The lowest BCUT2D eigenvalue weighted by molar-refractivity contribution is -0.118. The molecule has 1 fully saturated rings. The molecule has 3 rings (SSSR count). The first-order chi connectivity index (χ1) is 11.5. The third-order valence-electron chi connectivity index (χ3n) is 4.07. The maximum atomic E-state index is 12.3. The quantitative estimate of drug-likeness (QED) is 0.875. The largest absolute Gasteiger partial charge is 0.439 e. The van der Waals surface area contributed by atoms with Crippen molar-refractivity contribution in [1.82, 2.24) is 10.3 Å². The molecule has 3 amide bonds. The fraction of sp³-hybridized carbons (Fsp3) is 0.278. The van der Waals surface area contributed by atoms with Gasteiger partial charge in [0.15, 0.2) is 0 Å². The zero-order valence-electron chi connectivity index (χ0n) is 13.9. The Morgan fingerprint density at radius 2 is 1.96 bits per heavy atom. The van der Waals surface area contributed by atoms with Gasteiger partial charge in [0.25, 0.3) is 5.91 Å². The first-order valence-electron chi connectivity index (χ1n) is 7.86. The van der Waals surface area contributed by atoms with Crippen molar-refractivity contribution >= 4 is 17.8 Å². The molecule has 2 heterocycles. The number of carbonyl (C=O) groups excluding carboxylic acids is 2. The van der Waals surface area contributed by atoms with Gasteiger partial charge < -0.3 is 10.1 Å². The van der Waals surface area contributed by atoms with E-state index >= 15 is 0 Å². The number of rotatable bonds is 4. The smallest absolute Gasteiger partial charge is 0.330 e. The highest BCUT2D eigenvalue weighted by atomic mass is 16.5. The van der Waals surface area contributed by atoms with Crippen LogP contribution < -0.4 is 15.0 Å². The van der Waals surface area contributed by atoms with Crippen molar-refractivity contribution in [3.63, 3.8) is 0 Å². The lowest BCUT2D eigenvalue weighted by atomic mass is 10.1. The lowest BCUT2D eigenvalue weighted by Crippen LogP contribution is -2.31. The van der Waals surface area contributed by atoms with Gasteiger partial charge in [0.2, 0.25) is 5.88 Å². The molecule has 1 aromatic carbocycles. The summed E-state index contributed by atoms with van der Waals surface area (Å²) in [6.45, 7) is 5.88. The molecule has 1 aliphatic heterocycles. The summed E-state index contributed by atoms with van der Waals surface area (Å²) >= 11 is 0. The van der Waals surface area contributed by atoms with Gasteiger partial charge in [-0.05, 0) is 49.6 Å².